The highest BCUT2D eigenvalue weighted by Gasteiger charge is 2.16. The van der Waals surface area contributed by atoms with Gasteiger partial charge < -0.3 is 5.32 Å². The summed E-state index contributed by atoms with van der Waals surface area (Å²) in [5.74, 6) is 0. The molecule has 3 heteroatoms. The molecule has 1 aromatic heterocycles. The van der Waals surface area contributed by atoms with Gasteiger partial charge in [0, 0.05) is 16.3 Å². The Bertz CT molecular complexity index is 546. The first-order chi connectivity index (χ1) is 8.88. The van der Waals surface area contributed by atoms with Crippen LogP contribution in [0.25, 0.3) is 0 Å². The lowest BCUT2D eigenvalue weighted by Gasteiger charge is -2.15. The molecular weight excluding hydrogens is 274 g/mol. The van der Waals surface area contributed by atoms with E-state index in [1.54, 1.807) is 0 Å². The van der Waals surface area contributed by atoms with Crippen molar-refractivity contribution in [1.82, 2.24) is 0 Å². The summed E-state index contributed by atoms with van der Waals surface area (Å²) in [6.45, 7) is 9.63. The predicted octanol–water partition coefficient (Wildman–Crippen LogP) is 5.62. The maximum atomic E-state index is 6.21. The van der Waals surface area contributed by atoms with Crippen molar-refractivity contribution in [3.8, 4) is 0 Å². The molecule has 0 spiro atoms. The van der Waals surface area contributed by atoms with Crippen molar-refractivity contribution in [2.24, 2.45) is 0 Å². The molecule has 0 saturated carbocycles. The summed E-state index contributed by atoms with van der Waals surface area (Å²) in [7, 11) is 0. The van der Waals surface area contributed by atoms with Crippen LogP contribution in [-0.2, 0) is 12.0 Å². The number of anilines is 1. The molecule has 0 fully saturated rings. The van der Waals surface area contributed by atoms with Crippen molar-refractivity contribution in [2.75, 3.05) is 5.32 Å². The zero-order chi connectivity index (χ0) is 14.0. The minimum Gasteiger partial charge on any atom is -0.379 e. The Kier molecular flexibility index (Phi) is 4.22. The van der Waals surface area contributed by atoms with Gasteiger partial charge in [0.15, 0.2) is 0 Å². The highest BCUT2D eigenvalue weighted by molar-refractivity contribution is 7.12. The molecule has 0 aliphatic heterocycles. The van der Waals surface area contributed by atoms with E-state index in [4.69, 9.17) is 11.6 Å². The largest absolute Gasteiger partial charge is 0.379 e. The van der Waals surface area contributed by atoms with Crippen LogP contribution in [0.3, 0.4) is 0 Å². The molecule has 2 aromatic rings. The summed E-state index contributed by atoms with van der Waals surface area (Å²) in [5, 5.41) is 4.23. The van der Waals surface area contributed by atoms with Crippen LogP contribution in [0.4, 0.5) is 5.69 Å². The van der Waals surface area contributed by atoms with Gasteiger partial charge in [0.1, 0.15) is 0 Å². The van der Waals surface area contributed by atoms with Crippen molar-refractivity contribution in [3.05, 3.63) is 50.7 Å². The predicted molar refractivity (Wildman–Crippen MR) is 86.5 cm³/mol. The molecular formula is C16H20ClNS. The molecule has 102 valence electrons. The van der Waals surface area contributed by atoms with Gasteiger partial charge >= 0.3 is 0 Å². The van der Waals surface area contributed by atoms with Crippen LogP contribution in [0.5, 0.6) is 0 Å². The van der Waals surface area contributed by atoms with Gasteiger partial charge in [0.2, 0.25) is 0 Å². The van der Waals surface area contributed by atoms with Crippen molar-refractivity contribution in [2.45, 2.75) is 39.7 Å². The number of hydrogen-bond donors (Lipinski definition) is 1. The molecule has 2 rings (SSSR count). The average Bonchev–Trinajstić information content (AvgIpc) is 2.77. The monoisotopic (exact) mass is 293 g/mol. The van der Waals surface area contributed by atoms with E-state index in [2.05, 4.69) is 51.2 Å². The zero-order valence-electron chi connectivity index (χ0n) is 11.9. The number of halogens is 1. The number of rotatable bonds is 3. The minimum atomic E-state index is 0.225. The summed E-state index contributed by atoms with van der Waals surface area (Å²) < 4.78 is 0. The molecule has 0 aliphatic carbocycles. The summed E-state index contributed by atoms with van der Waals surface area (Å²) >= 11 is 8.08. The molecule has 0 amide bonds. The molecule has 1 aromatic carbocycles. The number of hydrogen-bond acceptors (Lipinski definition) is 2. The molecule has 19 heavy (non-hydrogen) atoms. The van der Waals surface area contributed by atoms with E-state index in [1.807, 2.05) is 23.5 Å². The highest BCUT2D eigenvalue weighted by atomic mass is 35.5. The van der Waals surface area contributed by atoms with Gasteiger partial charge in [-0.3, -0.25) is 0 Å². The third kappa shape index (κ3) is 3.52. The fourth-order valence-electron chi connectivity index (χ4n) is 1.91. The molecule has 1 nitrogen and oxygen atoms in total. The first-order valence-corrected chi connectivity index (χ1v) is 7.65. The molecule has 0 radical (unpaired) electrons. The second kappa shape index (κ2) is 5.56. The van der Waals surface area contributed by atoms with Crippen molar-refractivity contribution in [3.63, 3.8) is 0 Å². The van der Waals surface area contributed by atoms with Gasteiger partial charge in [-0.15, -0.1) is 11.3 Å². The molecule has 0 atom stereocenters. The molecule has 1 N–H and O–H groups in total. The standard InChI is InChI=1S/C16H20ClNS/c1-11-6-5-7-13(17)15(11)18-10-12-8-9-14(19-12)16(2,3)4/h5-9,18H,10H2,1-4H3. The Balaban J connectivity index is 2.09. The van der Waals surface area contributed by atoms with Crippen LogP contribution in [0.1, 0.15) is 36.1 Å². The molecule has 0 aliphatic rings. The van der Waals surface area contributed by atoms with Crippen LogP contribution in [0.2, 0.25) is 5.02 Å². The highest BCUT2D eigenvalue weighted by Crippen LogP contribution is 2.31. The van der Waals surface area contributed by atoms with Gasteiger partial charge in [-0.25, -0.2) is 0 Å². The van der Waals surface area contributed by atoms with Crippen LogP contribution in [-0.4, -0.2) is 0 Å². The summed E-state index contributed by atoms with van der Waals surface area (Å²) in [4.78, 5) is 2.75. The maximum absolute atomic E-state index is 6.21. The fraction of sp³-hybridized carbons (Fsp3) is 0.375. The Morgan fingerprint density at radius 2 is 1.89 bits per heavy atom. The van der Waals surface area contributed by atoms with E-state index in [9.17, 15) is 0 Å². The summed E-state index contributed by atoms with van der Waals surface area (Å²) in [6.07, 6.45) is 0. The van der Waals surface area contributed by atoms with Gasteiger partial charge in [-0.2, -0.15) is 0 Å². The number of aryl methyl sites for hydroxylation is 1. The third-order valence-corrected chi connectivity index (χ3v) is 4.89. The summed E-state index contributed by atoms with van der Waals surface area (Å²) in [5.41, 5.74) is 2.44. The van der Waals surface area contributed by atoms with Gasteiger partial charge in [0.05, 0.1) is 10.7 Å². The van der Waals surface area contributed by atoms with Crippen LogP contribution in [0.15, 0.2) is 30.3 Å². The lowest BCUT2D eigenvalue weighted by molar-refractivity contribution is 0.604. The van der Waals surface area contributed by atoms with E-state index in [0.717, 1.165) is 17.3 Å². The number of thiophene rings is 1. The second-order valence-electron chi connectivity index (χ2n) is 5.80. The zero-order valence-corrected chi connectivity index (χ0v) is 13.5. The third-order valence-electron chi connectivity index (χ3n) is 3.06. The topological polar surface area (TPSA) is 12.0 Å². The van der Waals surface area contributed by atoms with E-state index in [0.29, 0.717) is 0 Å². The second-order valence-corrected chi connectivity index (χ2v) is 7.38. The number of para-hydroxylation sites is 1. The molecule has 1 heterocycles. The van der Waals surface area contributed by atoms with Gasteiger partial charge in [-0.05, 0) is 36.1 Å². The number of nitrogens with one attached hydrogen (secondary N) is 1. The van der Waals surface area contributed by atoms with Crippen molar-refractivity contribution < 1.29 is 0 Å². The Labute approximate surface area is 124 Å². The molecule has 0 bridgehead atoms. The van der Waals surface area contributed by atoms with Gasteiger partial charge in [0.25, 0.3) is 0 Å². The molecule has 0 saturated heterocycles. The molecule has 0 unspecified atom stereocenters. The SMILES string of the molecule is Cc1cccc(Cl)c1NCc1ccc(C(C)(C)C)s1. The van der Waals surface area contributed by atoms with E-state index in [1.165, 1.54) is 15.3 Å². The number of benzene rings is 1. The Morgan fingerprint density at radius 1 is 1.16 bits per heavy atom. The quantitative estimate of drug-likeness (QED) is 0.774. The van der Waals surface area contributed by atoms with Crippen LogP contribution < -0.4 is 5.32 Å². The lowest BCUT2D eigenvalue weighted by atomic mass is 9.95. The smallest absolute Gasteiger partial charge is 0.0640 e. The normalized spacial score (nSPS) is 11.6. The minimum absolute atomic E-state index is 0.225. The van der Waals surface area contributed by atoms with E-state index < -0.39 is 0 Å². The Hall–Kier alpha value is -0.990. The lowest BCUT2D eigenvalue weighted by Crippen LogP contribution is -2.07. The van der Waals surface area contributed by atoms with Crippen LogP contribution >= 0.6 is 22.9 Å². The van der Waals surface area contributed by atoms with Gasteiger partial charge in [-0.1, -0.05) is 44.5 Å². The first kappa shape index (κ1) is 14.4. The van der Waals surface area contributed by atoms with Crippen LogP contribution in [0, 0.1) is 6.92 Å². The van der Waals surface area contributed by atoms with Crippen molar-refractivity contribution >= 4 is 28.6 Å². The van der Waals surface area contributed by atoms with E-state index >= 15 is 0 Å². The maximum Gasteiger partial charge on any atom is 0.0640 e. The average molecular weight is 294 g/mol. The van der Waals surface area contributed by atoms with Crippen molar-refractivity contribution in [1.29, 1.82) is 0 Å². The fourth-order valence-corrected chi connectivity index (χ4v) is 3.20. The first-order valence-electron chi connectivity index (χ1n) is 6.46. The Morgan fingerprint density at radius 3 is 2.47 bits per heavy atom. The van der Waals surface area contributed by atoms with E-state index in [-0.39, 0.29) is 5.41 Å². The summed E-state index contributed by atoms with van der Waals surface area (Å²) in [6, 6.07) is 10.4.